The van der Waals surface area contributed by atoms with Gasteiger partial charge < -0.3 is 0 Å². The molecule has 2 rings (SSSR count). The number of Topliss-reactive ketones (excluding diaryl/α,β-unsaturated/α-hetero) is 1. The van der Waals surface area contributed by atoms with Gasteiger partial charge in [0.15, 0.2) is 11.4 Å². The van der Waals surface area contributed by atoms with Crippen LogP contribution in [-0.2, 0) is 19.1 Å². The fraction of sp³-hybridized carbons (Fsp3) is 0.900. The molecule has 0 saturated heterocycles. The maximum Gasteiger partial charge on any atom is 0.523 e. The van der Waals surface area contributed by atoms with Crippen molar-refractivity contribution in [2.24, 2.45) is 11.3 Å². The topological polar surface area (TPSA) is 60.4 Å². The van der Waals surface area contributed by atoms with Crippen LogP contribution in [0.1, 0.15) is 33.1 Å². The molecule has 0 N–H and O–H groups in total. The average molecular weight is 286 g/mol. The fourth-order valence-corrected chi connectivity index (χ4v) is 3.93. The summed E-state index contributed by atoms with van der Waals surface area (Å²) in [5.41, 5.74) is -8.23. The van der Waals surface area contributed by atoms with Gasteiger partial charge in [-0.2, -0.15) is 21.6 Å². The largest absolute Gasteiger partial charge is 0.523 e. The van der Waals surface area contributed by atoms with Crippen LogP contribution in [0.3, 0.4) is 0 Å². The van der Waals surface area contributed by atoms with Gasteiger partial charge in [0, 0.05) is 11.8 Å². The molecule has 0 aromatic carbocycles. The summed E-state index contributed by atoms with van der Waals surface area (Å²) in [6, 6.07) is 0. The van der Waals surface area contributed by atoms with Crippen LogP contribution < -0.4 is 0 Å². The van der Waals surface area contributed by atoms with Gasteiger partial charge in [0.25, 0.3) is 0 Å². The summed E-state index contributed by atoms with van der Waals surface area (Å²) >= 11 is 0. The maximum absolute atomic E-state index is 12.4. The average Bonchev–Trinajstić information content (AvgIpc) is 2.48. The first-order valence-corrected chi connectivity index (χ1v) is 6.90. The molecular formula is C10H13F3O4S. The molecule has 2 fully saturated rings. The second-order valence-electron chi connectivity index (χ2n) is 5.39. The van der Waals surface area contributed by atoms with Crippen LogP contribution in [0.4, 0.5) is 13.2 Å². The standard InChI is InChI=1S/C10H13F3O4S/c1-8(2)6-3-4-9(8,7(14)5-6)17-18(15,16)10(11,12)13/h6H,3-5H2,1-2H3. The molecule has 0 spiro atoms. The highest BCUT2D eigenvalue weighted by atomic mass is 32.2. The minimum Gasteiger partial charge on any atom is -0.296 e. The summed E-state index contributed by atoms with van der Waals surface area (Å²) in [6.45, 7) is 3.17. The molecule has 104 valence electrons. The Labute approximate surface area is 103 Å². The lowest BCUT2D eigenvalue weighted by Gasteiger charge is -2.35. The van der Waals surface area contributed by atoms with Gasteiger partial charge >= 0.3 is 15.6 Å². The fourth-order valence-electron chi connectivity index (χ4n) is 3.06. The second kappa shape index (κ2) is 3.47. The Morgan fingerprint density at radius 3 is 2.22 bits per heavy atom. The second-order valence-corrected chi connectivity index (χ2v) is 6.93. The van der Waals surface area contributed by atoms with E-state index >= 15 is 0 Å². The number of carbonyl (C=O) groups is 1. The Hall–Kier alpha value is -0.630. The molecular weight excluding hydrogens is 273 g/mol. The van der Waals surface area contributed by atoms with Crippen LogP contribution in [0.2, 0.25) is 0 Å². The van der Waals surface area contributed by atoms with Crippen molar-refractivity contribution in [2.75, 3.05) is 0 Å². The third kappa shape index (κ3) is 1.54. The van der Waals surface area contributed by atoms with Gasteiger partial charge in [0.05, 0.1) is 0 Å². The monoisotopic (exact) mass is 286 g/mol. The van der Waals surface area contributed by atoms with E-state index in [2.05, 4.69) is 4.18 Å². The zero-order valence-electron chi connectivity index (χ0n) is 9.87. The molecule has 0 heterocycles. The third-order valence-corrected chi connectivity index (χ3v) is 5.39. The van der Waals surface area contributed by atoms with Crippen molar-refractivity contribution in [3.05, 3.63) is 0 Å². The molecule has 2 aliphatic rings. The van der Waals surface area contributed by atoms with E-state index in [1.165, 1.54) is 0 Å². The molecule has 0 aromatic heterocycles. The Balaban J connectivity index is 2.42. The van der Waals surface area contributed by atoms with E-state index in [9.17, 15) is 26.4 Å². The van der Waals surface area contributed by atoms with Gasteiger partial charge in [-0.3, -0.25) is 4.79 Å². The molecule has 8 heteroatoms. The molecule has 2 atom stereocenters. The summed E-state index contributed by atoms with van der Waals surface area (Å²) < 4.78 is 63.7. The lowest BCUT2D eigenvalue weighted by molar-refractivity contribution is -0.138. The minimum absolute atomic E-state index is 0.0266. The number of alkyl halides is 3. The van der Waals surface area contributed by atoms with Gasteiger partial charge in [-0.1, -0.05) is 13.8 Å². The van der Waals surface area contributed by atoms with Crippen molar-refractivity contribution in [1.82, 2.24) is 0 Å². The Bertz CT molecular complexity index is 494. The zero-order chi connectivity index (χ0) is 14.0. The maximum atomic E-state index is 12.4. The Kier molecular flexibility index (Phi) is 2.66. The number of carbonyl (C=O) groups excluding carboxylic acids is 1. The highest BCUT2D eigenvalue weighted by molar-refractivity contribution is 7.87. The van der Waals surface area contributed by atoms with Crippen LogP contribution in [0.15, 0.2) is 0 Å². The number of halogens is 3. The van der Waals surface area contributed by atoms with Crippen molar-refractivity contribution in [2.45, 2.75) is 44.2 Å². The predicted octanol–water partition coefficient (Wildman–Crippen LogP) is 2.00. The van der Waals surface area contributed by atoms with E-state index in [0.29, 0.717) is 6.42 Å². The van der Waals surface area contributed by atoms with Crippen molar-refractivity contribution in [3.63, 3.8) is 0 Å². The van der Waals surface area contributed by atoms with Crippen molar-refractivity contribution in [3.8, 4) is 0 Å². The number of ketones is 1. The summed E-state index contributed by atoms with van der Waals surface area (Å²) in [7, 11) is -5.75. The van der Waals surface area contributed by atoms with Gasteiger partial charge in [-0.15, -0.1) is 0 Å². The van der Waals surface area contributed by atoms with E-state index < -0.39 is 32.4 Å². The quantitative estimate of drug-likeness (QED) is 0.575. The smallest absolute Gasteiger partial charge is 0.296 e. The van der Waals surface area contributed by atoms with Crippen LogP contribution >= 0.6 is 0 Å². The molecule has 0 aliphatic heterocycles. The van der Waals surface area contributed by atoms with Gasteiger partial charge in [0.1, 0.15) is 0 Å². The molecule has 18 heavy (non-hydrogen) atoms. The van der Waals surface area contributed by atoms with Gasteiger partial charge in [0.2, 0.25) is 0 Å². The van der Waals surface area contributed by atoms with E-state index in [4.69, 9.17) is 0 Å². The molecule has 2 aliphatic carbocycles. The molecule has 2 unspecified atom stereocenters. The summed E-state index contributed by atoms with van der Waals surface area (Å²) in [6.07, 6.45) is 0.616. The molecule has 0 amide bonds. The zero-order valence-corrected chi connectivity index (χ0v) is 10.7. The first-order chi connectivity index (χ1) is 7.94. The van der Waals surface area contributed by atoms with Gasteiger partial charge in [-0.05, 0) is 18.8 Å². The number of hydrogen-bond acceptors (Lipinski definition) is 4. The summed E-state index contributed by atoms with van der Waals surface area (Å²) in [4.78, 5) is 11.8. The Morgan fingerprint density at radius 2 is 1.89 bits per heavy atom. The summed E-state index contributed by atoms with van der Waals surface area (Å²) in [5.74, 6) is -0.662. The van der Waals surface area contributed by atoms with E-state index in [0.717, 1.165) is 0 Å². The van der Waals surface area contributed by atoms with E-state index in [-0.39, 0.29) is 18.8 Å². The van der Waals surface area contributed by atoms with Crippen molar-refractivity contribution >= 4 is 15.9 Å². The minimum atomic E-state index is -5.75. The molecule has 0 radical (unpaired) electrons. The SMILES string of the molecule is CC1(C)C2CCC1(OS(=O)(=O)C(F)(F)F)C(=O)C2. The highest BCUT2D eigenvalue weighted by Gasteiger charge is 2.69. The lowest BCUT2D eigenvalue weighted by atomic mass is 9.79. The van der Waals surface area contributed by atoms with E-state index in [1.54, 1.807) is 13.8 Å². The number of hydrogen-bond donors (Lipinski definition) is 0. The van der Waals surface area contributed by atoms with E-state index in [1.807, 2.05) is 0 Å². The third-order valence-electron chi connectivity index (χ3n) is 4.32. The molecule has 2 bridgehead atoms. The van der Waals surface area contributed by atoms with Gasteiger partial charge in [-0.25, -0.2) is 4.18 Å². The van der Waals surface area contributed by atoms with Crippen molar-refractivity contribution in [1.29, 1.82) is 0 Å². The van der Waals surface area contributed by atoms with Crippen LogP contribution in [-0.4, -0.2) is 25.3 Å². The lowest BCUT2D eigenvalue weighted by Crippen LogP contribution is -2.49. The number of rotatable bonds is 2. The highest BCUT2D eigenvalue weighted by Crippen LogP contribution is 2.61. The Morgan fingerprint density at radius 1 is 1.33 bits per heavy atom. The first-order valence-electron chi connectivity index (χ1n) is 5.49. The van der Waals surface area contributed by atoms with Crippen LogP contribution in [0.25, 0.3) is 0 Å². The van der Waals surface area contributed by atoms with Crippen molar-refractivity contribution < 1.29 is 30.6 Å². The number of fused-ring (bicyclic) bond motifs is 2. The van der Waals surface area contributed by atoms with Crippen LogP contribution in [0, 0.1) is 11.3 Å². The summed E-state index contributed by atoms with van der Waals surface area (Å²) in [5, 5.41) is 0. The normalized spacial score (nSPS) is 35.2. The molecule has 4 nitrogen and oxygen atoms in total. The predicted molar refractivity (Wildman–Crippen MR) is 54.9 cm³/mol. The molecule has 2 saturated carbocycles. The van der Waals surface area contributed by atoms with Crippen LogP contribution in [0.5, 0.6) is 0 Å². The molecule has 0 aromatic rings. The first kappa shape index (κ1) is 13.8.